The standard InChI is InChI=1S/C18H19N7/c1-2-15-10-16(18-22-21-13-25(18)23-15)20-11-17-19-8-9-24(17)12-14-6-4-3-5-7-14/h3-10,13,20H,2,11-12H2,1H3. The lowest BCUT2D eigenvalue weighted by Crippen LogP contribution is -2.11. The number of hydrogen-bond donors (Lipinski definition) is 1. The van der Waals surface area contributed by atoms with Gasteiger partial charge in [0.1, 0.15) is 12.2 Å². The highest BCUT2D eigenvalue weighted by molar-refractivity contribution is 5.66. The first-order chi connectivity index (χ1) is 12.3. The zero-order valence-corrected chi connectivity index (χ0v) is 14.0. The molecule has 3 heterocycles. The second-order valence-corrected chi connectivity index (χ2v) is 5.81. The number of rotatable bonds is 6. The fourth-order valence-corrected chi connectivity index (χ4v) is 2.79. The molecule has 0 fully saturated rings. The van der Waals surface area contributed by atoms with Crippen LogP contribution in [0.2, 0.25) is 0 Å². The maximum Gasteiger partial charge on any atom is 0.200 e. The Hall–Kier alpha value is -3.22. The summed E-state index contributed by atoms with van der Waals surface area (Å²) in [5.41, 5.74) is 3.87. The van der Waals surface area contributed by atoms with Gasteiger partial charge in [-0.3, -0.25) is 0 Å². The average molecular weight is 333 g/mol. The molecule has 4 rings (SSSR count). The molecule has 0 aliphatic rings. The number of aryl methyl sites for hydroxylation is 1. The van der Waals surface area contributed by atoms with Crippen molar-refractivity contribution in [3.05, 3.63) is 72.2 Å². The lowest BCUT2D eigenvalue weighted by molar-refractivity contribution is 0.735. The number of imidazole rings is 1. The second kappa shape index (κ2) is 6.72. The molecule has 0 saturated carbocycles. The molecule has 7 nitrogen and oxygen atoms in total. The van der Waals surface area contributed by atoms with Gasteiger partial charge in [-0.2, -0.15) is 9.61 Å². The van der Waals surface area contributed by atoms with Gasteiger partial charge < -0.3 is 9.88 Å². The van der Waals surface area contributed by atoms with E-state index in [2.05, 4.69) is 61.4 Å². The molecule has 0 amide bonds. The molecule has 4 aromatic rings. The summed E-state index contributed by atoms with van der Waals surface area (Å²) in [5, 5.41) is 16.0. The number of aromatic nitrogens is 6. The van der Waals surface area contributed by atoms with Gasteiger partial charge in [0.25, 0.3) is 0 Å². The van der Waals surface area contributed by atoms with E-state index in [0.29, 0.717) is 6.54 Å². The SMILES string of the molecule is CCc1cc(NCc2nccn2Cc2ccccc2)c2nncn2n1. The number of benzene rings is 1. The molecule has 25 heavy (non-hydrogen) atoms. The summed E-state index contributed by atoms with van der Waals surface area (Å²) in [5.74, 6) is 0.969. The minimum atomic E-state index is 0.607. The maximum absolute atomic E-state index is 4.48. The fraction of sp³-hybridized carbons (Fsp3) is 0.222. The van der Waals surface area contributed by atoms with Crippen LogP contribution in [0.4, 0.5) is 5.69 Å². The van der Waals surface area contributed by atoms with Crippen molar-refractivity contribution < 1.29 is 0 Å². The topological polar surface area (TPSA) is 72.9 Å². The van der Waals surface area contributed by atoms with Gasteiger partial charge in [-0.15, -0.1) is 10.2 Å². The van der Waals surface area contributed by atoms with Crippen LogP contribution in [-0.2, 0) is 19.5 Å². The van der Waals surface area contributed by atoms with E-state index in [9.17, 15) is 0 Å². The normalized spacial score (nSPS) is 11.1. The molecule has 0 radical (unpaired) electrons. The van der Waals surface area contributed by atoms with Crippen LogP contribution in [0.1, 0.15) is 24.0 Å². The van der Waals surface area contributed by atoms with Gasteiger partial charge in [0.2, 0.25) is 5.65 Å². The Morgan fingerprint density at radius 2 is 2.04 bits per heavy atom. The Morgan fingerprint density at radius 3 is 2.88 bits per heavy atom. The van der Waals surface area contributed by atoms with Crippen LogP contribution in [0.25, 0.3) is 5.65 Å². The van der Waals surface area contributed by atoms with Crippen molar-refractivity contribution in [2.75, 3.05) is 5.32 Å². The Labute approximate surface area is 145 Å². The Balaban J connectivity index is 1.55. The summed E-state index contributed by atoms with van der Waals surface area (Å²) in [6, 6.07) is 12.4. The first-order valence-electron chi connectivity index (χ1n) is 8.31. The van der Waals surface area contributed by atoms with Crippen LogP contribution in [0.5, 0.6) is 0 Å². The molecule has 0 aliphatic carbocycles. The molecule has 1 aromatic carbocycles. The maximum atomic E-state index is 4.48. The molecule has 0 bridgehead atoms. The summed E-state index contributed by atoms with van der Waals surface area (Å²) in [4.78, 5) is 4.48. The molecule has 0 unspecified atom stereocenters. The Kier molecular flexibility index (Phi) is 4.12. The third-order valence-corrected chi connectivity index (χ3v) is 4.12. The highest BCUT2D eigenvalue weighted by Gasteiger charge is 2.09. The lowest BCUT2D eigenvalue weighted by atomic mass is 10.2. The van der Waals surface area contributed by atoms with Crippen molar-refractivity contribution >= 4 is 11.3 Å². The molecule has 0 atom stereocenters. The first kappa shape index (κ1) is 15.3. The van der Waals surface area contributed by atoms with Crippen LogP contribution in [-0.4, -0.2) is 29.4 Å². The predicted molar refractivity (Wildman–Crippen MR) is 95.3 cm³/mol. The van der Waals surface area contributed by atoms with Crippen LogP contribution in [0.15, 0.2) is 55.1 Å². The number of nitrogens with zero attached hydrogens (tertiary/aromatic N) is 6. The van der Waals surface area contributed by atoms with E-state index in [4.69, 9.17) is 0 Å². The highest BCUT2D eigenvalue weighted by Crippen LogP contribution is 2.16. The highest BCUT2D eigenvalue weighted by atomic mass is 15.3. The lowest BCUT2D eigenvalue weighted by Gasteiger charge is -2.11. The number of fused-ring (bicyclic) bond motifs is 1. The van der Waals surface area contributed by atoms with Crippen molar-refractivity contribution in [2.45, 2.75) is 26.4 Å². The molecule has 0 saturated heterocycles. The van der Waals surface area contributed by atoms with Crippen LogP contribution in [0, 0.1) is 0 Å². The first-order valence-corrected chi connectivity index (χ1v) is 8.31. The van der Waals surface area contributed by atoms with Crippen LogP contribution < -0.4 is 5.32 Å². The van der Waals surface area contributed by atoms with Gasteiger partial charge >= 0.3 is 0 Å². The van der Waals surface area contributed by atoms with Gasteiger partial charge in [-0.05, 0) is 18.1 Å². The van der Waals surface area contributed by atoms with Crippen molar-refractivity contribution in [2.24, 2.45) is 0 Å². The average Bonchev–Trinajstić information content (AvgIpc) is 3.29. The quantitative estimate of drug-likeness (QED) is 0.587. The van der Waals surface area contributed by atoms with E-state index in [1.165, 1.54) is 5.56 Å². The van der Waals surface area contributed by atoms with Gasteiger partial charge in [0.05, 0.1) is 17.9 Å². The molecular formula is C18H19N7. The van der Waals surface area contributed by atoms with Crippen LogP contribution in [0.3, 0.4) is 0 Å². The monoisotopic (exact) mass is 333 g/mol. The Bertz CT molecular complexity index is 971. The van der Waals surface area contributed by atoms with Gasteiger partial charge in [-0.1, -0.05) is 37.3 Å². The third kappa shape index (κ3) is 3.21. The molecule has 0 spiro atoms. The van der Waals surface area contributed by atoms with E-state index in [1.54, 1.807) is 10.8 Å². The number of hydrogen-bond acceptors (Lipinski definition) is 5. The minimum Gasteiger partial charge on any atom is -0.375 e. The molecule has 126 valence electrons. The van der Waals surface area contributed by atoms with Crippen molar-refractivity contribution in [3.8, 4) is 0 Å². The number of nitrogens with one attached hydrogen (secondary N) is 1. The van der Waals surface area contributed by atoms with Gasteiger partial charge in [0.15, 0.2) is 0 Å². The zero-order chi connectivity index (χ0) is 17.1. The predicted octanol–water partition coefficient (Wildman–Crippen LogP) is 2.54. The summed E-state index contributed by atoms with van der Waals surface area (Å²) in [7, 11) is 0. The summed E-state index contributed by atoms with van der Waals surface area (Å²) >= 11 is 0. The van der Waals surface area contributed by atoms with E-state index in [0.717, 1.165) is 35.8 Å². The third-order valence-electron chi connectivity index (χ3n) is 4.12. The Morgan fingerprint density at radius 1 is 1.16 bits per heavy atom. The summed E-state index contributed by atoms with van der Waals surface area (Å²) in [6.07, 6.45) is 6.30. The van der Waals surface area contributed by atoms with Gasteiger partial charge in [0, 0.05) is 18.9 Å². The van der Waals surface area contributed by atoms with Crippen molar-refractivity contribution in [1.29, 1.82) is 0 Å². The van der Waals surface area contributed by atoms with Gasteiger partial charge in [-0.25, -0.2) is 4.98 Å². The molecule has 3 aromatic heterocycles. The largest absolute Gasteiger partial charge is 0.375 e. The van der Waals surface area contributed by atoms with E-state index in [1.807, 2.05) is 24.5 Å². The summed E-state index contributed by atoms with van der Waals surface area (Å²) < 4.78 is 3.85. The summed E-state index contributed by atoms with van der Waals surface area (Å²) in [6.45, 7) is 3.49. The zero-order valence-electron chi connectivity index (χ0n) is 14.0. The van der Waals surface area contributed by atoms with E-state index >= 15 is 0 Å². The van der Waals surface area contributed by atoms with Crippen molar-refractivity contribution in [3.63, 3.8) is 0 Å². The van der Waals surface area contributed by atoms with Crippen LogP contribution >= 0.6 is 0 Å². The van der Waals surface area contributed by atoms with E-state index in [-0.39, 0.29) is 0 Å². The fourth-order valence-electron chi connectivity index (χ4n) is 2.79. The molecule has 1 N–H and O–H groups in total. The van der Waals surface area contributed by atoms with Crippen molar-refractivity contribution in [1.82, 2.24) is 29.4 Å². The molecule has 0 aliphatic heterocycles. The number of anilines is 1. The van der Waals surface area contributed by atoms with E-state index < -0.39 is 0 Å². The smallest absolute Gasteiger partial charge is 0.200 e. The second-order valence-electron chi connectivity index (χ2n) is 5.81. The molecule has 7 heteroatoms. The molecular weight excluding hydrogens is 314 g/mol. The minimum absolute atomic E-state index is 0.607.